The second-order valence-corrected chi connectivity index (χ2v) is 5.80. The molecule has 0 saturated carbocycles. The monoisotopic (exact) mass is 272 g/mol. The van der Waals surface area contributed by atoms with Gasteiger partial charge in [0.2, 0.25) is 10.0 Å². The van der Waals surface area contributed by atoms with Crippen molar-refractivity contribution in [2.75, 3.05) is 31.2 Å². The minimum Gasteiger partial charge on any atom is -0.497 e. The normalized spacial score (nSPS) is 11.2. The number of sulfonamides is 1. The van der Waals surface area contributed by atoms with Crippen LogP contribution < -0.4 is 14.8 Å². The Morgan fingerprint density at radius 2 is 1.83 bits per heavy atom. The van der Waals surface area contributed by atoms with E-state index >= 15 is 0 Å². The van der Waals surface area contributed by atoms with Crippen LogP contribution in [0.2, 0.25) is 0 Å². The number of ether oxygens (including phenoxy) is 1. The van der Waals surface area contributed by atoms with E-state index in [1.807, 2.05) is 7.05 Å². The molecule has 0 unspecified atom stereocenters. The molecule has 18 heavy (non-hydrogen) atoms. The van der Waals surface area contributed by atoms with Crippen LogP contribution in [0.5, 0.6) is 5.75 Å². The zero-order chi connectivity index (χ0) is 13.4. The highest BCUT2D eigenvalue weighted by molar-refractivity contribution is 7.92. The second kappa shape index (κ2) is 7.23. The van der Waals surface area contributed by atoms with Crippen LogP contribution in [-0.4, -0.2) is 34.9 Å². The van der Waals surface area contributed by atoms with Crippen LogP contribution in [0, 0.1) is 0 Å². The molecule has 0 saturated heterocycles. The molecular weight excluding hydrogens is 252 g/mol. The number of hydrogen-bond acceptors (Lipinski definition) is 4. The Labute approximate surface area is 109 Å². The largest absolute Gasteiger partial charge is 0.497 e. The molecule has 102 valence electrons. The van der Waals surface area contributed by atoms with Crippen LogP contribution in [0.25, 0.3) is 0 Å². The zero-order valence-corrected chi connectivity index (χ0v) is 11.6. The van der Waals surface area contributed by atoms with Gasteiger partial charge in [-0.15, -0.1) is 0 Å². The minimum atomic E-state index is -3.25. The third-order valence-electron chi connectivity index (χ3n) is 2.45. The Balaban J connectivity index is 2.48. The summed E-state index contributed by atoms with van der Waals surface area (Å²) in [5, 5.41) is 2.99. The predicted molar refractivity (Wildman–Crippen MR) is 73.6 cm³/mol. The molecule has 0 amide bonds. The van der Waals surface area contributed by atoms with Gasteiger partial charge in [0.25, 0.3) is 0 Å². The Morgan fingerprint density at radius 1 is 1.17 bits per heavy atom. The maximum atomic E-state index is 11.8. The summed E-state index contributed by atoms with van der Waals surface area (Å²) in [5.41, 5.74) is 0.560. The molecule has 1 rings (SSSR count). The molecule has 0 aliphatic carbocycles. The maximum absolute atomic E-state index is 11.8. The van der Waals surface area contributed by atoms with E-state index in [0.717, 1.165) is 13.0 Å². The lowest BCUT2D eigenvalue weighted by Gasteiger charge is -2.08. The molecule has 0 fully saturated rings. The summed E-state index contributed by atoms with van der Waals surface area (Å²) in [6.45, 7) is 0.831. The van der Waals surface area contributed by atoms with Crippen molar-refractivity contribution in [3.05, 3.63) is 24.3 Å². The number of hydrogen-bond donors (Lipinski definition) is 2. The first-order valence-electron chi connectivity index (χ1n) is 5.86. The zero-order valence-electron chi connectivity index (χ0n) is 10.8. The maximum Gasteiger partial charge on any atom is 0.232 e. The van der Waals surface area contributed by atoms with Gasteiger partial charge < -0.3 is 10.1 Å². The second-order valence-electron chi connectivity index (χ2n) is 3.96. The van der Waals surface area contributed by atoms with Crippen molar-refractivity contribution in [1.29, 1.82) is 0 Å². The van der Waals surface area contributed by atoms with Gasteiger partial charge >= 0.3 is 0 Å². The van der Waals surface area contributed by atoms with E-state index in [4.69, 9.17) is 4.74 Å². The third kappa shape index (κ3) is 5.37. The molecule has 0 heterocycles. The molecule has 0 spiro atoms. The topological polar surface area (TPSA) is 67.4 Å². The van der Waals surface area contributed by atoms with E-state index in [1.165, 1.54) is 0 Å². The molecule has 0 aliphatic heterocycles. The lowest BCUT2D eigenvalue weighted by molar-refractivity contribution is 0.415. The summed E-state index contributed by atoms with van der Waals surface area (Å²) in [5.74, 6) is 0.840. The quantitative estimate of drug-likeness (QED) is 0.703. The van der Waals surface area contributed by atoms with Crippen LogP contribution in [0.4, 0.5) is 5.69 Å². The average Bonchev–Trinajstić information content (AvgIpc) is 2.35. The molecule has 2 N–H and O–H groups in total. The standard InChI is InChI=1S/C12H20N2O3S/c1-13-9-3-4-10-18(15,16)14-11-5-7-12(17-2)8-6-11/h5-8,13-14H,3-4,9-10H2,1-2H3. The van der Waals surface area contributed by atoms with Crippen LogP contribution in [0.3, 0.4) is 0 Å². The van der Waals surface area contributed by atoms with E-state index in [2.05, 4.69) is 10.0 Å². The van der Waals surface area contributed by atoms with Crippen molar-refractivity contribution < 1.29 is 13.2 Å². The van der Waals surface area contributed by atoms with E-state index in [0.29, 0.717) is 17.9 Å². The fourth-order valence-corrected chi connectivity index (χ4v) is 2.66. The van der Waals surface area contributed by atoms with Crippen LogP contribution >= 0.6 is 0 Å². The number of anilines is 1. The van der Waals surface area contributed by atoms with Crippen molar-refractivity contribution in [2.45, 2.75) is 12.8 Å². The fraction of sp³-hybridized carbons (Fsp3) is 0.500. The Hall–Kier alpha value is -1.27. The lowest BCUT2D eigenvalue weighted by atomic mass is 10.3. The van der Waals surface area contributed by atoms with E-state index < -0.39 is 10.0 Å². The van der Waals surface area contributed by atoms with Crippen molar-refractivity contribution in [3.8, 4) is 5.75 Å². The van der Waals surface area contributed by atoms with Gasteiger partial charge in [-0.1, -0.05) is 0 Å². The molecule has 0 aromatic heterocycles. The van der Waals surface area contributed by atoms with E-state index in [9.17, 15) is 8.42 Å². The molecule has 5 nitrogen and oxygen atoms in total. The van der Waals surface area contributed by atoms with Crippen molar-refractivity contribution in [1.82, 2.24) is 5.32 Å². The van der Waals surface area contributed by atoms with Crippen molar-refractivity contribution in [3.63, 3.8) is 0 Å². The number of unbranched alkanes of at least 4 members (excludes halogenated alkanes) is 1. The SMILES string of the molecule is CNCCCCS(=O)(=O)Nc1ccc(OC)cc1. The van der Waals surface area contributed by atoms with E-state index in [1.54, 1.807) is 31.4 Å². The van der Waals surface area contributed by atoms with Gasteiger partial charge in [-0.25, -0.2) is 8.42 Å². The van der Waals surface area contributed by atoms with Gasteiger partial charge in [0.05, 0.1) is 12.9 Å². The predicted octanol–water partition coefficient (Wildman–Crippen LogP) is 1.44. The van der Waals surface area contributed by atoms with Crippen molar-refractivity contribution >= 4 is 15.7 Å². The lowest BCUT2D eigenvalue weighted by Crippen LogP contribution is -2.18. The number of methoxy groups -OCH3 is 1. The first-order chi connectivity index (χ1) is 8.57. The first-order valence-corrected chi connectivity index (χ1v) is 7.52. The van der Waals surface area contributed by atoms with E-state index in [-0.39, 0.29) is 5.75 Å². The van der Waals surface area contributed by atoms with Gasteiger partial charge in [0, 0.05) is 5.69 Å². The molecule has 0 bridgehead atoms. The molecule has 6 heteroatoms. The number of rotatable bonds is 8. The third-order valence-corrected chi connectivity index (χ3v) is 3.83. The molecule has 0 aliphatic rings. The van der Waals surface area contributed by atoms with Crippen molar-refractivity contribution in [2.24, 2.45) is 0 Å². The molecular formula is C12H20N2O3S. The molecule has 0 atom stereocenters. The Kier molecular flexibility index (Phi) is 5.94. The van der Waals surface area contributed by atoms with Gasteiger partial charge in [-0.2, -0.15) is 0 Å². The molecule has 1 aromatic rings. The van der Waals surface area contributed by atoms with Gasteiger partial charge in [0.1, 0.15) is 5.75 Å². The highest BCUT2D eigenvalue weighted by atomic mass is 32.2. The summed E-state index contributed by atoms with van der Waals surface area (Å²) in [6.07, 6.45) is 1.49. The summed E-state index contributed by atoms with van der Waals surface area (Å²) in [7, 11) is 0.168. The summed E-state index contributed by atoms with van der Waals surface area (Å²) in [6, 6.07) is 6.81. The minimum absolute atomic E-state index is 0.140. The molecule has 1 aromatic carbocycles. The summed E-state index contributed by atoms with van der Waals surface area (Å²) < 4.78 is 31.1. The van der Waals surface area contributed by atoms with Gasteiger partial charge in [-0.3, -0.25) is 4.72 Å². The average molecular weight is 272 g/mol. The van der Waals surface area contributed by atoms with Crippen LogP contribution in [-0.2, 0) is 10.0 Å². The smallest absolute Gasteiger partial charge is 0.232 e. The number of benzene rings is 1. The van der Waals surface area contributed by atoms with Gasteiger partial charge in [-0.05, 0) is 50.7 Å². The Bertz CT molecular complexity index is 443. The van der Waals surface area contributed by atoms with Gasteiger partial charge in [0.15, 0.2) is 0 Å². The summed E-state index contributed by atoms with van der Waals surface area (Å²) in [4.78, 5) is 0. The Morgan fingerprint density at radius 3 is 2.39 bits per heavy atom. The van der Waals surface area contributed by atoms with Crippen LogP contribution in [0.1, 0.15) is 12.8 Å². The fourth-order valence-electron chi connectivity index (χ4n) is 1.48. The summed E-state index contributed by atoms with van der Waals surface area (Å²) >= 11 is 0. The number of nitrogens with one attached hydrogen (secondary N) is 2. The molecule has 0 radical (unpaired) electrons. The van der Waals surface area contributed by atoms with Crippen LogP contribution in [0.15, 0.2) is 24.3 Å². The highest BCUT2D eigenvalue weighted by Gasteiger charge is 2.09. The first kappa shape index (κ1) is 14.8. The highest BCUT2D eigenvalue weighted by Crippen LogP contribution is 2.16.